The maximum Gasteiger partial charge on any atom is 0.188 e. The van der Waals surface area contributed by atoms with Crippen molar-refractivity contribution >= 4 is 69.0 Å². The molecule has 0 bridgehead atoms. The van der Waals surface area contributed by atoms with E-state index in [1.165, 1.54) is 11.8 Å². The van der Waals surface area contributed by atoms with E-state index in [9.17, 15) is 0 Å². The molecular weight excluding hydrogens is 475 g/mol. The van der Waals surface area contributed by atoms with Crippen LogP contribution in [-0.2, 0) is 0 Å². The van der Waals surface area contributed by atoms with Crippen molar-refractivity contribution in [3.8, 4) is 0 Å². The summed E-state index contributed by atoms with van der Waals surface area (Å²) in [5, 5.41) is 6.81. The Labute approximate surface area is 197 Å². The Morgan fingerprint density at radius 3 is 2.63 bits per heavy atom. The first kappa shape index (κ1) is 21.5. The molecule has 0 fully saturated rings. The molecule has 0 saturated heterocycles. The lowest BCUT2D eigenvalue weighted by Gasteiger charge is -2.13. The van der Waals surface area contributed by atoms with Crippen LogP contribution in [0.1, 0.15) is 16.1 Å². The van der Waals surface area contributed by atoms with E-state index in [4.69, 9.17) is 23.2 Å². The smallest absolute Gasteiger partial charge is 0.188 e. The van der Waals surface area contributed by atoms with Gasteiger partial charge in [-0.15, -0.1) is 22.9 Å². The standard InChI is InChI=1S/C21H16Cl2N4S3/c1-13-12-28-21(26-13)27-20-18(30-17-8-3-2-6-15(17)22)10-14(11-25-20)29-19(23)16-7-4-5-9-24-16/h2-12,19H,1H3,(H,25,26,27). The Kier molecular flexibility index (Phi) is 7.17. The molecule has 1 atom stereocenters. The van der Waals surface area contributed by atoms with Crippen molar-refractivity contribution in [2.75, 3.05) is 5.32 Å². The molecule has 1 aromatic carbocycles. The molecule has 4 nitrogen and oxygen atoms in total. The van der Waals surface area contributed by atoms with E-state index >= 15 is 0 Å². The normalized spacial score (nSPS) is 12.0. The number of thioether (sulfide) groups is 1. The Bertz CT molecular complexity index is 1140. The van der Waals surface area contributed by atoms with Crippen molar-refractivity contribution in [1.82, 2.24) is 15.0 Å². The maximum atomic E-state index is 6.57. The SMILES string of the molecule is Cc1csc(Nc2ncc(SC(Cl)c3ccccn3)cc2Sc2ccccc2Cl)n1. The molecule has 0 aliphatic carbocycles. The number of halogens is 2. The summed E-state index contributed by atoms with van der Waals surface area (Å²) in [6, 6.07) is 15.5. The molecule has 0 amide bonds. The lowest BCUT2D eigenvalue weighted by atomic mass is 10.4. The van der Waals surface area contributed by atoms with Crippen molar-refractivity contribution in [1.29, 1.82) is 0 Å². The number of alkyl halides is 1. The van der Waals surface area contributed by atoms with Crippen molar-refractivity contribution < 1.29 is 0 Å². The highest BCUT2D eigenvalue weighted by Crippen LogP contribution is 2.42. The fourth-order valence-corrected chi connectivity index (χ4v) is 5.70. The van der Waals surface area contributed by atoms with Crippen LogP contribution in [0.2, 0.25) is 5.02 Å². The van der Waals surface area contributed by atoms with Crippen molar-refractivity contribution in [3.05, 3.63) is 82.7 Å². The summed E-state index contributed by atoms with van der Waals surface area (Å²) in [4.78, 5) is 16.3. The summed E-state index contributed by atoms with van der Waals surface area (Å²) in [5.74, 6) is 0.725. The van der Waals surface area contributed by atoms with Gasteiger partial charge in [-0.2, -0.15) is 0 Å². The summed E-state index contributed by atoms with van der Waals surface area (Å²) in [5.41, 5.74) is 1.78. The van der Waals surface area contributed by atoms with Gasteiger partial charge in [0.15, 0.2) is 5.13 Å². The third kappa shape index (κ3) is 5.47. The highest BCUT2D eigenvalue weighted by Gasteiger charge is 2.15. The van der Waals surface area contributed by atoms with Crippen LogP contribution in [0.5, 0.6) is 0 Å². The Morgan fingerprint density at radius 2 is 1.90 bits per heavy atom. The van der Waals surface area contributed by atoms with Crippen LogP contribution >= 0.6 is 58.1 Å². The van der Waals surface area contributed by atoms with E-state index in [1.807, 2.05) is 61.0 Å². The quantitative estimate of drug-likeness (QED) is 0.210. The van der Waals surface area contributed by atoms with Crippen LogP contribution in [0.15, 0.2) is 81.0 Å². The molecule has 1 N–H and O–H groups in total. The van der Waals surface area contributed by atoms with Gasteiger partial charge in [0, 0.05) is 27.6 Å². The zero-order valence-electron chi connectivity index (χ0n) is 15.8. The Hall–Kier alpha value is -1.77. The van der Waals surface area contributed by atoms with Gasteiger partial charge >= 0.3 is 0 Å². The van der Waals surface area contributed by atoms with Gasteiger partial charge in [0.1, 0.15) is 10.5 Å². The average molecular weight is 491 g/mol. The lowest BCUT2D eigenvalue weighted by Crippen LogP contribution is -1.97. The zero-order valence-corrected chi connectivity index (χ0v) is 19.7. The molecular formula is C21H16Cl2N4S3. The van der Waals surface area contributed by atoms with Crippen LogP contribution in [0, 0.1) is 6.92 Å². The number of rotatable bonds is 7. The number of aryl methyl sites for hydroxylation is 1. The van der Waals surface area contributed by atoms with Gasteiger partial charge in [-0.1, -0.05) is 53.3 Å². The molecule has 3 heterocycles. The highest BCUT2D eigenvalue weighted by atomic mass is 35.5. The predicted molar refractivity (Wildman–Crippen MR) is 129 cm³/mol. The number of pyridine rings is 2. The van der Waals surface area contributed by atoms with E-state index in [-0.39, 0.29) is 4.71 Å². The fraction of sp³-hybridized carbons (Fsp3) is 0.0952. The van der Waals surface area contributed by atoms with Gasteiger partial charge in [0.05, 0.1) is 21.3 Å². The van der Waals surface area contributed by atoms with Crippen LogP contribution in [0.25, 0.3) is 0 Å². The molecule has 0 saturated carbocycles. The van der Waals surface area contributed by atoms with Crippen molar-refractivity contribution in [3.63, 3.8) is 0 Å². The van der Waals surface area contributed by atoms with Crippen molar-refractivity contribution in [2.45, 2.75) is 26.3 Å². The fourth-order valence-electron chi connectivity index (χ4n) is 2.51. The molecule has 4 aromatic rings. The minimum Gasteiger partial charge on any atom is -0.315 e. The van der Waals surface area contributed by atoms with Crippen LogP contribution in [-0.4, -0.2) is 15.0 Å². The number of hydrogen-bond acceptors (Lipinski definition) is 7. The van der Waals surface area contributed by atoms with Gasteiger partial charge in [-0.25, -0.2) is 9.97 Å². The number of hydrogen-bond donors (Lipinski definition) is 1. The number of aromatic nitrogens is 3. The number of nitrogens with zero attached hydrogens (tertiary/aromatic N) is 3. The number of benzene rings is 1. The number of thiazole rings is 1. The summed E-state index contributed by atoms with van der Waals surface area (Å²) in [6.45, 7) is 1.96. The summed E-state index contributed by atoms with van der Waals surface area (Å²) >= 11 is 17.6. The third-order valence-electron chi connectivity index (χ3n) is 3.89. The monoisotopic (exact) mass is 490 g/mol. The minimum atomic E-state index is -0.313. The second kappa shape index (κ2) is 10.0. The van der Waals surface area contributed by atoms with Gasteiger partial charge in [-0.3, -0.25) is 4.98 Å². The van der Waals surface area contributed by atoms with Crippen LogP contribution in [0.4, 0.5) is 10.9 Å². The first-order valence-electron chi connectivity index (χ1n) is 8.92. The van der Waals surface area contributed by atoms with E-state index in [0.717, 1.165) is 37.0 Å². The molecule has 0 radical (unpaired) electrons. The second-order valence-electron chi connectivity index (χ2n) is 6.16. The molecule has 3 aromatic heterocycles. The van der Waals surface area contributed by atoms with E-state index < -0.39 is 0 Å². The molecule has 1 unspecified atom stereocenters. The molecule has 0 aliphatic rings. The van der Waals surface area contributed by atoms with Gasteiger partial charge in [0.25, 0.3) is 0 Å². The molecule has 0 spiro atoms. The Balaban J connectivity index is 1.63. The topological polar surface area (TPSA) is 50.7 Å². The van der Waals surface area contributed by atoms with E-state index in [0.29, 0.717) is 5.02 Å². The zero-order chi connectivity index (χ0) is 20.9. The first-order chi connectivity index (χ1) is 14.6. The van der Waals surface area contributed by atoms with E-state index in [1.54, 1.807) is 29.3 Å². The van der Waals surface area contributed by atoms with Gasteiger partial charge < -0.3 is 5.32 Å². The molecule has 0 aliphatic heterocycles. The minimum absolute atomic E-state index is 0.313. The molecule has 4 rings (SSSR count). The second-order valence-corrected chi connectivity index (χ2v) is 10.4. The highest BCUT2D eigenvalue weighted by molar-refractivity contribution is 8.01. The van der Waals surface area contributed by atoms with Gasteiger partial charge in [0.2, 0.25) is 0 Å². The lowest BCUT2D eigenvalue weighted by molar-refractivity contribution is 1.12. The van der Waals surface area contributed by atoms with E-state index in [2.05, 4.69) is 26.3 Å². The van der Waals surface area contributed by atoms with Crippen LogP contribution < -0.4 is 5.32 Å². The number of nitrogens with one attached hydrogen (secondary N) is 1. The summed E-state index contributed by atoms with van der Waals surface area (Å²) in [6.07, 6.45) is 3.55. The third-order valence-corrected chi connectivity index (χ3v) is 7.75. The molecule has 152 valence electrons. The Morgan fingerprint density at radius 1 is 1.07 bits per heavy atom. The van der Waals surface area contributed by atoms with Gasteiger partial charge in [-0.05, 0) is 37.3 Å². The van der Waals surface area contributed by atoms with Crippen LogP contribution in [0.3, 0.4) is 0 Å². The average Bonchev–Trinajstić information content (AvgIpc) is 3.17. The predicted octanol–water partition coefficient (Wildman–Crippen LogP) is 7.82. The molecule has 30 heavy (non-hydrogen) atoms. The summed E-state index contributed by atoms with van der Waals surface area (Å²) in [7, 11) is 0. The maximum absolute atomic E-state index is 6.57. The molecule has 9 heteroatoms. The first-order valence-corrected chi connectivity index (χ1v) is 12.3. The number of anilines is 2. The summed E-state index contributed by atoms with van der Waals surface area (Å²) < 4.78 is -0.313. The van der Waals surface area contributed by atoms with Crippen molar-refractivity contribution in [2.24, 2.45) is 0 Å². The largest absolute Gasteiger partial charge is 0.315 e.